The minimum atomic E-state index is 0.189. The molecule has 0 atom stereocenters. The van der Waals surface area contributed by atoms with Crippen molar-refractivity contribution in [2.75, 3.05) is 20.1 Å². The number of ether oxygens (including phenoxy) is 1. The minimum Gasteiger partial charge on any atom is -0.490 e. The number of hydrogen-bond donors (Lipinski definition) is 2. The van der Waals surface area contributed by atoms with Gasteiger partial charge in [-0.1, -0.05) is 6.58 Å². The van der Waals surface area contributed by atoms with Crippen molar-refractivity contribution in [3.63, 3.8) is 0 Å². The Labute approximate surface area is 124 Å². The summed E-state index contributed by atoms with van der Waals surface area (Å²) in [6.07, 6.45) is 5.43. The van der Waals surface area contributed by atoms with Gasteiger partial charge in [-0.25, -0.2) is 5.84 Å². The molecule has 2 rings (SSSR count). The van der Waals surface area contributed by atoms with E-state index in [0.717, 1.165) is 31.7 Å². The monoisotopic (exact) mass is 290 g/mol. The SMILES string of the molecule is C=C(N)N=C(N(C)N)N1CCC(Oc2ccncc2)CC1. The van der Waals surface area contributed by atoms with Crippen LogP contribution in [0.15, 0.2) is 41.9 Å². The number of likely N-dealkylation sites (tertiary alicyclic amines) is 1. The van der Waals surface area contributed by atoms with Gasteiger partial charge >= 0.3 is 0 Å². The van der Waals surface area contributed by atoms with Crippen LogP contribution in [0.2, 0.25) is 0 Å². The summed E-state index contributed by atoms with van der Waals surface area (Å²) < 4.78 is 5.93. The van der Waals surface area contributed by atoms with Gasteiger partial charge in [0.2, 0.25) is 5.96 Å². The third-order valence-electron chi connectivity index (χ3n) is 3.24. The molecule has 0 bridgehead atoms. The number of nitrogens with zero attached hydrogens (tertiary/aromatic N) is 4. The van der Waals surface area contributed by atoms with E-state index in [1.54, 1.807) is 19.4 Å². The highest BCUT2D eigenvalue weighted by atomic mass is 16.5. The number of hydrogen-bond acceptors (Lipinski definition) is 5. The predicted molar refractivity (Wildman–Crippen MR) is 82.2 cm³/mol. The molecule has 0 spiro atoms. The largest absolute Gasteiger partial charge is 0.490 e. The highest BCUT2D eigenvalue weighted by molar-refractivity contribution is 5.80. The number of hydrazine groups is 1. The summed E-state index contributed by atoms with van der Waals surface area (Å²) >= 11 is 0. The Balaban J connectivity index is 1.92. The van der Waals surface area contributed by atoms with Gasteiger partial charge in [0.05, 0.1) is 0 Å². The molecule has 0 unspecified atom stereocenters. The van der Waals surface area contributed by atoms with Crippen molar-refractivity contribution in [2.24, 2.45) is 16.6 Å². The highest BCUT2D eigenvalue weighted by Gasteiger charge is 2.24. The van der Waals surface area contributed by atoms with Gasteiger partial charge in [0, 0.05) is 45.4 Å². The number of piperidine rings is 1. The van der Waals surface area contributed by atoms with Crippen LogP contribution >= 0.6 is 0 Å². The lowest BCUT2D eigenvalue weighted by atomic mass is 10.1. The first-order valence-electron chi connectivity index (χ1n) is 6.89. The fraction of sp³-hybridized carbons (Fsp3) is 0.429. The fourth-order valence-electron chi connectivity index (χ4n) is 2.28. The normalized spacial score (nSPS) is 16.7. The zero-order valence-electron chi connectivity index (χ0n) is 12.3. The lowest BCUT2D eigenvalue weighted by molar-refractivity contribution is 0.125. The van der Waals surface area contributed by atoms with Gasteiger partial charge in [-0.05, 0) is 12.1 Å². The van der Waals surface area contributed by atoms with E-state index in [1.807, 2.05) is 12.1 Å². The molecule has 1 saturated heterocycles. The van der Waals surface area contributed by atoms with Crippen LogP contribution in [-0.4, -0.2) is 47.1 Å². The van der Waals surface area contributed by atoms with Gasteiger partial charge in [0.15, 0.2) is 0 Å². The molecule has 114 valence electrons. The van der Waals surface area contributed by atoms with Crippen LogP contribution in [0.4, 0.5) is 0 Å². The Bertz CT molecular complexity index is 493. The first kappa shape index (κ1) is 15.1. The van der Waals surface area contributed by atoms with E-state index >= 15 is 0 Å². The quantitative estimate of drug-likeness (QED) is 0.365. The number of rotatable bonds is 3. The molecule has 1 aromatic rings. The standard InChI is InChI=1S/C14H22N6O/c1-11(15)18-14(19(2)16)20-9-5-13(6-10-20)21-12-3-7-17-8-4-12/h3-4,7-8,13H,1,5-6,9-10,15-16H2,2H3. The van der Waals surface area contributed by atoms with Crippen LogP contribution in [0, 0.1) is 0 Å². The first-order chi connectivity index (χ1) is 10.1. The molecule has 7 heteroatoms. The maximum atomic E-state index is 5.93. The molecule has 1 aromatic heterocycles. The summed E-state index contributed by atoms with van der Waals surface area (Å²) in [7, 11) is 1.74. The van der Waals surface area contributed by atoms with E-state index in [2.05, 4.69) is 21.5 Å². The van der Waals surface area contributed by atoms with Crippen molar-refractivity contribution in [2.45, 2.75) is 18.9 Å². The summed E-state index contributed by atoms with van der Waals surface area (Å²) in [5.41, 5.74) is 5.55. The maximum Gasteiger partial charge on any atom is 0.217 e. The van der Waals surface area contributed by atoms with Gasteiger partial charge in [0.1, 0.15) is 17.7 Å². The summed E-state index contributed by atoms with van der Waals surface area (Å²) in [4.78, 5) is 10.3. The molecule has 7 nitrogen and oxygen atoms in total. The van der Waals surface area contributed by atoms with Crippen LogP contribution in [0.3, 0.4) is 0 Å². The molecule has 1 aliphatic heterocycles. The third-order valence-corrected chi connectivity index (χ3v) is 3.24. The second-order valence-corrected chi connectivity index (χ2v) is 5.00. The van der Waals surface area contributed by atoms with Gasteiger partial charge in [-0.2, -0.15) is 4.99 Å². The van der Waals surface area contributed by atoms with Crippen LogP contribution in [0.1, 0.15) is 12.8 Å². The smallest absolute Gasteiger partial charge is 0.217 e. The van der Waals surface area contributed by atoms with Crippen molar-refractivity contribution in [1.82, 2.24) is 14.9 Å². The van der Waals surface area contributed by atoms with E-state index in [0.29, 0.717) is 5.96 Å². The number of nitrogens with two attached hydrogens (primary N) is 2. The van der Waals surface area contributed by atoms with Gasteiger partial charge in [0.25, 0.3) is 0 Å². The van der Waals surface area contributed by atoms with Crippen molar-refractivity contribution in [1.29, 1.82) is 0 Å². The average molecular weight is 290 g/mol. The topological polar surface area (TPSA) is 93.0 Å². The predicted octanol–water partition coefficient (Wildman–Crippen LogP) is 0.516. The van der Waals surface area contributed by atoms with Crippen LogP contribution < -0.4 is 16.3 Å². The Morgan fingerprint density at radius 3 is 2.57 bits per heavy atom. The van der Waals surface area contributed by atoms with Crippen LogP contribution in [-0.2, 0) is 0 Å². The molecule has 0 aromatic carbocycles. The Kier molecular flexibility index (Phi) is 4.99. The highest BCUT2D eigenvalue weighted by Crippen LogP contribution is 2.18. The number of aliphatic imine (C=N–C) groups is 1. The minimum absolute atomic E-state index is 0.189. The molecule has 4 N–H and O–H groups in total. The molecule has 0 radical (unpaired) electrons. The van der Waals surface area contributed by atoms with Gasteiger partial charge < -0.3 is 15.4 Å². The second kappa shape index (κ2) is 6.94. The zero-order chi connectivity index (χ0) is 15.2. The maximum absolute atomic E-state index is 5.93. The molecule has 2 heterocycles. The van der Waals surface area contributed by atoms with Crippen molar-refractivity contribution in [3.05, 3.63) is 36.9 Å². The second-order valence-electron chi connectivity index (χ2n) is 5.00. The Hall–Kier alpha value is -2.28. The van der Waals surface area contributed by atoms with E-state index in [9.17, 15) is 0 Å². The molecule has 1 fully saturated rings. The van der Waals surface area contributed by atoms with Crippen LogP contribution in [0.25, 0.3) is 0 Å². The molecule has 1 aliphatic rings. The lowest BCUT2D eigenvalue weighted by Gasteiger charge is -2.35. The van der Waals surface area contributed by atoms with E-state index in [4.69, 9.17) is 16.3 Å². The van der Waals surface area contributed by atoms with E-state index in [1.165, 1.54) is 5.01 Å². The first-order valence-corrected chi connectivity index (χ1v) is 6.89. The zero-order valence-corrected chi connectivity index (χ0v) is 12.3. The van der Waals surface area contributed by atoms with Crippen LogP contribution in [0.5, 0.6) is 5.75 Å². The molecule has 0 amide bonds. The number of pyridine rings is 1. The fourth-order valence-corrected chi connectivity index (χ4v) is 2.28. The van der Waals surface area contributed by atoms with Crippen molar-refractivity contribution >= 4 is 5.96 Å². The molecule has 0 saturated carbocycles. The molecular weight excluding hydrogens is 268 g/mol. The molecule has 0 aliphatic carbocycles. The van der Waals surface area contributed by atoms with E-state index < -0.39 is 0 Å². The third kappa shape index (κ3) is 4.35. The van der Waals surface area contributed by atoms with E-state index in [-0.39, 0.29) is 11.9 Å². The van der Waals surface area contributed by atoms with Crippen molar-refractivity contribution in [3.8, 4) is 5.75 Å². The molecule has 21 heavy (non-hydrogen) atoms. The Morgan fingerprint density at radius 1 is 1.43 bits per heavy atom. The van der Waals surface area contributed by atoms with Gasteiger partial charge in [-0.15, -0.1) is 0 Å². The summed E-state index contributed by atoms with van der Waals surface area (Å²) in [5, 5.41) is 1.46. The van der Waals surface area contributed by atoms with Gasteiger partial charge in [-0.3, -0.25) is 9.99 Å². The van der Waals surface area contributed by atoms with Crippen molar-refractivity contribution < 1.29 is 4.74 Å². The lowest BCUT2D eigenvalue weighted by Crippen LogP contribution is -2.50. The molecular formula is C14H22N6O. The summed E-state index contributed by atoms with van der Waals surface area (Å²) in [5.74, 6) is 7.53. The summed E-state index contributed by atoms with van der Waals surface area (Å²) in [6.45, 7) is 5.21. The summed E-state index contributed by atoms with van der Waals surface area (Å²) in [6, 6.07) is 3.73. The number of guanidine groups is 1. The average Bonchev–Trinajstić information content (AvgIpc) is 2.46. The Morgan fingerprint density at radius 2 is 2.05 bits per heavy atom. The number of aromatic nitrogens is 1.